The fraction of sp³-hybridized carbons (Fsp3) is 0.857. The summed E-state index contributed by atoms with van der Waals surface area (Å²) in [5.74, 6) is 0.633. The summed E-state index contributed by atoms with van der Waals surface area (Å²) in [7, 11) is 0. The second kappa shape index (κ2) is 8.11. The smallest absolute Gasteiger partial charge is 0.301 e. The number of rotatable bonds is 6. The van der Waals surface area contributed by atoms with Crippen molar-refractivity contribution in [2.24, 2.45) is 11.1 Å². The van der Waals surface area contributed by atoms with Crippen LogP contribution in [0.2, 0.25) is 0 Å². The highest BCUT2D eigenvalue weighted by molar-refractivity contribution is 5.82. The monoisotopic (exact) mass is 256 g/mol. The summed E-state index contributed by atoms with van der Waals surface area (Å²) in [4.78, 5) is 18.5. The molecule has 1 amide bonds. The average Bonchev–Trinajstić information content (AvgIpc) is 2.22. The number of nitrogens with zero attached hydrogens (tertiary/aromatic N) is 2. The van der Waals surface area contributed by atoms with Crippen LogP contribution in [0, 0.1) is 5.92 Å². The summed E-state index contributed by atoms with van der Waals surface area (Å²) < 4.78 is 0. The lowest BCUT2D eigenvalue weighted by molar-refractivity contribution is 0.0814. The first-order valence-electron chi connectivity index (χ1n) is 6.78. The zero-order chi connectivity index (χ0) is 14.3. The molecule has 0 N–H and O–H groups in total. The van der Waals surface area contributed by atoms with Gasteiger partial charge in [-0.25, -0.2) is 4.79 Å². The number of oxime groups is 1. The minimum absolute atomic E-state index is 0.115. The Labute approximate surface area is 111 Å². The summed E-state index contributed by atoms with van der Waals surface area (Å²) in [5, 5.41) is 3.91. The highest BCUT2D eigenvalue weighted by Crippen LogP contribution is 2.09. The summed E-state index contributed by atoms with van der Waals surface area (Å²) in [5.41, 5.74) is 0.865. The van der Waals surface area contributed by atoms with Crippen molar-refractivity contribution in [3.8, 4) is 0 Å². The van der Waals surface area contributed by atoms with Crippen molar-refractivity contribution in [2.75, 3.05) is 0 Å². The van der Waals surface area contributed by atoms with Gasteiger partial charge in [-0.05, 0) is 53.4 Å². The van der Waals surface area contributed by atoms with E-state index in [1.807, 2.05) is 34.6 Å². The average molecular weight is 256 g/mol. The minimum atomic E-state index is -0.371. The van der Waals surface area contributed by atoms with Crippen molar-refractivity contribution in [2.45, 2.75) is 73.4 Å². The molecule has 106 valence electrons. The van der Waals surface area contributed by atoms with Gasteiger partial charge in [0.25, 0.3) is 0 Å². The Morgan fingerprint density at radius 2 is 1.61 bits per heavy atom. The number of amides is 1. The van der Waals surface area contributed by atoms with E-state index in [0.29, 0.717) is 5.92 Å². The topological polar surface area (TPSA) is 41.9 Å². The Hall–Kier alpha value is -1.06. The third-order valence-electron chi connectivity index (χ3n) is 2.69. The van der Waals surface area contributed by atoms with Crippen LogP contribution in [0.25, 0.3) is 0 Å². The lowest BCUT2D eigenvalue weighted by Crippen LogP contribution is -2.41. The van der Waals surface area contributed by atoms with Crippen LogP contribution in [0.15, 0.2) is 5.16 Å². The standard InChI is InChI=1S/C14H28N2O2/c1-10(2)8-9-13(7)15-18-14(17)16(11(3)4)12(5)6/h10-12H,8-9H2,1-7H3/b15-13+. The van der Waals surface area contributed by atoms with Gasteiger partial charge in [0.05, 0.1) is 5.71 Å². The van der Waals surface area contributed by atoms with E-state index < -0.39 is 0 Å². The number of hydrogen-bond donors (Lipinski definition) is 0. The lowest BCUT2D eigenvalue weighted by Gasteiger charge is -2.28. The maximum absolute atomic E-state index is 11.9. The highest BCUT2D eigenvalue weighted by Gasteiger charge is 2.21. The molecule has 0 saturated heterocycles. The van der Waals surface area contributed by atoms with Crippen molar-refractivity contribution in [3.63, 3.8) is 0 Å². The van der Waals surface area contributed by atoms with Crippen LogP contribution < -0.4 is 0 Å². The van der Waals surface area contributed by atoms with Gasteiger partial charge < -0.3 is 4.90 Å². The van der Waals surface area contributed by atoms with Gasteiger partial charge in [-0.2, -0.15) is 0 Å². The molecule has 0 rings (SSSR count). The molecule has 18 heavy (non-hydrogen) atoms. The molecule has 4 heteroatoms. The second-order valence-corrected chi connectivity index (χ2v) is 5.71. The predicted molar refractivity (Wildman–Crippen MR) is 75.8 cm³/mol. The van der Waals surface area contributed by atoms with Crippen molar-refractivity contribution in [1.29, 1.82) is 0 Å². The zero-order valence-corrected chi connectivity index (χ0v) is 12.9. The Morgan fingerprint density at radius 1 is 1.11 bits per heavy atom. The molecule has 0 spiro atoms. The number of hydrogen-bond acceptors (Lipinski definition) is 3. The van der Waals surface area contributed by atoms with Crippen molar-refractivity contribution >= 4 is 11.8 Å². The van der Waals surface area contributed by atoms with Crippen LogP contribution in [-0.2, 0) is 4.84 Å². The highest BCUT2D eigenvalue weighted by atomic mass is 16.7. The minimum Gasteiger partial charge on any atom is -0.301 e. The largest absolute Gasteiger partial charge is 0.436 e. The Morgan fingerprint density at radius 3 is 2.00 bits per heavy atom. The molecule has 0 aliphatic carbocycles. The van der Waals surface area contributed by atoms with E-state index in [0.717, 1.165) is 18.6 Å². The van der Waals surface area contributed by atoms with E-state index in [-0.39, 0.29) is 18.2 Å². The molecule has 0 fully saturated rings. The SMILES string of the molecule is C/C(CCC(C)C)=N\OC(=O)N(C(C)C)C(C)C. The van der Waals surface area contributed by atoms with E-state index in [1.54, 1.807) is 4.90 Å². The van der Waals surface area contributed by atoms with Crippen LogP contribution in [-0.4, -0.2) is 28.8 Å². The molecule has 0 aromatic heterocycles. The molecule has 0 aliphatic heterocycles. The van der Waals surface area contributed by atoms with E-state index >= 15 is 0 Å². The van der Waals surface area contributed by atoms with Crippen LogP contribution in [0.3, 0.4) is 0 Å². The zero-order valence-electron chi connectivity index (χ0n) is 12.9. The van der Waals surface area contributed by atoms with Gasteiger partial charge in [0.2, 0.25) is 0 Å². The van der Waals surface area contributed by atoms with Crippen LogP contribution in [0.1, 0.15) is 61.3 Å². The van der Waals surface area contributed by atoms with Crippen molar-refractivity contribution < 1.29 is 9.63 Å². The molecule has 0 saturated carbocycles. The first-order valence-corrected chi connectivity index (χ1v) is 6.78. The van der Waals surface area contributed by atoms with E-state index in [2.05, 4.69) is 19.0 Å². The number of carbonyl (C=O) groups excluding carboxylic acids is 1. The van der Waals surface area contributed by atoms with Crippen LogP contribution >= 0.6 is 0 Å². The van der Waals surface area contributed by atoms with E-state index in [4.69, 9.17) is 4.84 Å². The maximum atomic E-state index is 11.9. The molecule has 0 bridgehead atoms. The van der Waals surface area contributed by atoms with Gasteiger partial charge in [0, 0.05) is 12.1 Å². The molecule has 0 aliphatic rings. The molecule has 0 unspecified atom stereocenters. The molecule has 0 aromatic carbocycles. The maximum Gasteiger partial charge on any atom is 0.436 e. The molecular formula is C14H28N2O2. The number of carbonyl (C=O) groups is 1. The summed E-state index contributed by atoms with van der Waals surface area (Å²) in [6.45, 7) is 14.1. The molecule has 4 nitrogen and oxygen atoms in total. The van der Waals surface area contributed by atoms with Gasteiger partial charge in [-0.3, -0.25) is 4.84 Å². The van der Waals surface area contributed by atoms with Gasteiger partial charge in [0.15, 0.2) is 0 Å². The Balaban J connectivity index is 4.33. The second-order valence-electron chi connectivity index (χ2n) is 5.71. The van der Waals surface area contributed by atoms with E-state index in [1.165, 1.54) is 0 Å². The Bertz CT molecular complexity index is 276. The molecular weight excluding hydrogens is 228 g/mol. The third-order valence-corrected chi connectivity index (χ3v) is 2.69. The molecule has 0 atom stereocenters. The van der Waals surface area contributed by atoms with Gasteiger partial charge in [-0.1, -0.05) is 19.0 Å². The van der Waals surface area contributed by atoms with Gasteiger partial charge >= 0.3 is 6.09 Å². The first kappa shape index (κ1) is 16.9. The lowest BCUT2D eigenvalue weighted by atomic mass is 10.1. The predicted octanol–water partition coefficient (Wildman–Crippen LogP) is 4.05. The summed E-state index contributed by atoms with van der Waals surface area (Å²) >= 11 is 0. The van der Waals surface area contributed by atoms with Crippen LogP contribution in [0.5, 0.6) is 0 Å². The fourth-order valence-electron chi connectivity index (χ4n) is 1.73. The van der Waals surface area contributed by atoms with E-state index in [9.17, 15) is 4.79 Å². The summed E-state index contributed by atoms with van der Waals surface area (Å²) in [6.07, 6.45) is 1.56. The Kier molecular flexibility index (Phi) is 7.64. The normalized spacial score (nSPS) is 12.4. The quantitative estimate of drug-likeness (QED) is 0.408. The van der Waals surface area contributed by atoms with Crippen molar-refractivity contribution in [3.05, 3.63) is 0 Å². The van der Waals surface area contributed by atoms with Gasteiger partial charge in [-0.15, -0.1) is 0 Å². The first-order chi connectivity index (χ1) is 8.25. The summed E-state index contributed by atoms with van der Waals surface area (Å²) in [6, 6.07) is 0.229. The molecule has 0 radical (unpaired) electrons. The molecule has 0 heterocycles. The third kappa shape index (κ3) is 6.62. The van der Waals surface area contributed by atoms with Crippen LogP contribution in [0.4, 0.5) is 4.79 Å². The van der Waals surface area contributed by atoms with Gasteiger partial charge in [0.1, 0.15) is 0 Å². The fourth-order valence-corrected chi connectivity index (χ4v) is 1.73. The molecule has 0 aromatic rings. The van der Waals surface area contributed by atoms with Crippen molar-refractivity contribution in [1.82, 2.24) is 4.90 Å².